The van der Waals surface area contributed by atoms with E-state index in [1.807, 2.05) is 6.07 Å². The highest BCUT2D eigenvalue weighted by Crippen LogP contribution is 2.35. The van der Waals surface area contributed by atoms with Gasteiger partial charge in [-0.3, -0.25) is 9.69 Å². The zero-order valence-corrected chi connectivity index (χ0v) is 16.4. The van der Waals surface area contributed by atoms with Gasteiger partial charge in [0.05, 0.1) is 11.3 Å². The molecule has 3 rings (SSSR count). The summed E-state index contributed by atoms with van der Waals surface area (Å²) in [5.74, 6) is -0.695. The van der Waals surface area contributed by atoms with Gasteiger partial charge >= 0.3 is 6.18 Å². The number of nitrogens with one attached hydrogen (secondary N) is 1. The maximum absolute atomic E-state index is 13.1. The summed E-state index contributed by atoms with van der Waals surface area (Å²) in [6, 6.07) is 10.4. The molecule has 28 heavy (non-hydrogen) atoms. The molecule has 0 unspecified atom stereocenters. The van der Waals surface area contributed by atoms with E-state index in [9.17, 15) is 18.0 Å². The molecule has 0 aromatic heterocycles. The van der Waals surface area contributed by atoms with Crippen molar-refractivity contribution < 1.29 is 18.0 Å². The van der Waals surface area contributed by atoms with E-state index >= 15 is 0 Å². The highest BCUT2D eigenvalue weighted by atomic mass is 35.5. The molecule has 1 aliphatic heterocycles. The number of hydrogen-bond donors (Lipinski definition) is 1. The monoisotopic (exact) mass is 430 g/mol. The minimum absolute atomic E-state index is 0.199. The van der Waals surface area contributed by atoms with Crippen molar-refractivity contribution in [1.82, 2.24) is 4.90 Å². The fourth-order valence-corrected chi connectivity index (χ4v) is 3.79. The van der Waals surface area contributed by atoms with Gasteiger partial charge in [0.25, 0.3) is 0 Å². The molecule has 150 valence electrons. The molecule has 1 saturated heterocycles. The van der Waals surface area contributed by atoms with Crippen LogP contribution in [0.25, 0.3) is 0 Å². The molecule has 0 radical (unpaired) electrons. The number of piperidine rings is 1. The van der Waals surface area contributed by atoms with E-state index in [2.05, 4.69) is 10.2 Å². The molecule has 8 heteroatoms. The van der Waals surface area contributed by atoms with Crippen LogP contribution in [0.1, 0.15) is 24.0 Å². The van der Waals surface area contributed by atoms with Crippen LogP contribution in [0.2, 0.25) is 10.0 Å². The molecular weight excluding hydrogens is 412 g/mol. The molecule has 2 aromatic rings. The molecule has 0 aliphatic carbocycles. The molecule has 0 saturated carbocycles. The van der Waals surface area contributed by atoms with Crippen molar-refractivity contribution in [3.63, 3.8) is 0 Å². The van der Waals surface area contributed by atoms with Crippen LogP contribution in [0, 0.1) is 5.92 Å². The van der Waals surface area contributed by atoms with E-state index in [0.717, 1.165) is 11.6 Å². The average Bonchev–Trinajstić information content (AvgIpc) is 2.64. The van der Waals surface area contributed by atoms with Gasteiger partial charge in [0, 0.05) is 22.5 Å². The van der Waals surface area contributed by atoms with Crippen LogP contribution < -0.4 is 5.32 Å². The lowest BCUT2D eigenvalue weighted by Crippen LogP contribution is -2.38. The fourth-order valence-electron chi connectivity index (χ4n) is 3.32. The second kappa shape index (κ2) is 8.72. The van der Waals surface area contributed by atoms with Crippen LogP contribution in [0.15, 0.2) is 42.5 Å². The zero-order valence-electron chi connectivity index (χ0n) is 14.9. The van der Waals surface area contributed by atoms with Crippen LogP contribution in [0.4, 0.5) is 18.9 Å². The molecule has 1 N–H and O–H groups in total. The summed E-state index contributed by atoms with van der Waals surface area (Å²) in [6.07, 6.45) is -3.36. The molecular formula is C20H19Cl2F3N2O. The number of carbonyl (C=O) groups is 1. The van der Waals surface area contributed by atoms with Crippen molar-refractivity contribution in [3.05, 3.63) is 63.6 Å². The lowest BCUT2D eigenvalue weighted by atomic mass is 9.95. The zero-order chi connectivity index (χ0) is 20.3. The number of para-hydroxylation sites is 1. The van der Waals surface area contributed by atoms with Crippen molar-refractivity contribution in [2.24, 2.45) is 5.92 Å². The van der Waals surface area contributed by atoms with E-state index in [-0.39, 0.29) is 17.5 Å². The van der Waals surface area contributed by atoms with Crippen molar-refractivity contribution in [2.45, 2.75) is 25.6 Å². The van der Waals surface area contributed by atoms with Crippen LogP contribution in [0.5, 0.6) is 0 Å². The predicted octanol–water partition coefficient (Wildman–Crippen LogP) is 5.86. The molecule has 1 heterocycles. The van der Waals surface area contributed by atoms with Gasteiger partial charge in [-0.15, -0.1) is 0 Å². The second-order valence-electron chi connectivity index (χ2n) is 6.82. The lowest BCUT2D eigenvalue weighted by Gasteiger charge is -2.31. The number of rotatable bonds is 4. The Morgan fingerprint density at radius 3 is 2.43 bits per heavy atom. The molecule has 0 bridgehead atoms. The molecule has 1 amide bonds. The van der Waals surface area contributed by atoms with Gasteiger partial charge in [-0.2, -0.15) is 13.2 Å². The number of amides is 1. The first-order valence-corrected chi connectivity index (χ1v) is 9.63. The first-order valence-electron chi connectivity index (χ1n) is 8.87. The Hall–Kier alpha value is -1.76. The maximum atomic E-state index is 13.1. The average molecular weight is 431 g/mol. The summed E-state index contributed by atoms with van der Waals surface area (Å²) in [6.45, 7) is 1.97. The van der Waals surface area contributed by atoms with Gasteiger partial charge in [-0.1, -0.05) is 41.4 Å². The van der Waals surface area contributed by atoms with Crippen molar-refractivity contribution >= 4 is 34.8 Å². The Kier molecular flexibility index (Phi) is 6.53. The number of benzene rings is 2. The Bertz CT molecular complexity index is 850. The second-order valence-corrected chi connectivity index (χ2v) is 7.66. The molecule has 0 spiro atoms. The number of carbonyl (C=O) groups excluding carboxylic acids is 1. The number of nitrogens with zero attached hydrogens (tertiary/aromatic N) is 1. The van der Waals surface area contributed by atoms with Crippen LogP contribution in [-0.2, 0) is 17.5 Å². The quantitative estimate of drug-likeness (QED) is 0.658. The van der Waals surface area contributed by atoms with Gasteiger partial charge in [0.2, 0.25) is 5.91 Å². The smallest absolute Gasteiger partial charge is 0.325 e. The first-order chi connectivity index (χ1) is 13.2. The highest BCUT2D eigenvalue weighted by molar-refractivity contribution is 6.35. The Labute approximate surface area is 171 Å². The molecule has 2 aromatic carbocycles. The minimum atomic E-state index is -4.51. The van der Waals surface area contributed by atoms with Crippen LogP contribution in [0.3, 0.4) is 0 Å². The largest absolute Gasteiger partial charge is 0.418 e. The third kappa shape index (κ3) is 5.19. The Balaban J connectivity index is 1.57. The fraction of sp³-hybridized carbons (Fsp3) is 0.350. The van der Waals surface area contributed by atoms with Crippen LogP contribution >= 0.6 is 23.2 Å². The summed E-state index contributed by atoms with van der Waals surface area (Å²) < 4.78 is 39.2. The number of likely N-dealkylation sites (tertiary alicyclic amines) is 1. The number of hydrogen-bond acceptors (Lipinski definition) is 2. The van der Waals surface area contributed by atoms with Crippen molar-refractivity contribution in [2.75, 3.05) is 18.4 Å². The van der Waals surface area contributed by atoms with E-state index in [1.54, 1.807) is 12.1 Å². The predicted molar refractivity (Wildman–Crippen MR) is 105 cm³/mol. The van der Waals surface area contributed by atoms with E-state index in [0.29, 0.717) is 42.5 Å². The summed E-state index contributed by atoms with van der Waals surface area (Å²) in [7, 11) is 0. The summed E-state index contributed by atoms with van der Waals surface area (Å²) in [5.41, 5.74) is -0.0818. The Morgan fingerprint density at radius 1 is 1.11 bits per heavy atom. The summed E-state index contributed by atoms with van der Waals surface area (Å²) >= 11 is 12.1. The molecule has 0 atom stereocenters. The molecule has 1 fully saturated rings. The molecule has 3 nitrogen and oxygen atoms in total. The lowest BCUT2D eigenvalue weighted by molar-refractivity contribution is -0.137. The minimum Gasteiger partial charge on any atom is -0.325 e. The van der Waals surface area contributed by atoms with E-state index < -0.39 is 11.7 Å². The normalized spacial score (nSPS) is 16.2. The SMILES string of the molecule is O=C(Nc1ccccc1C(F)(F)F)C1CCN(Cc2ccc(Cl)cc2Cl)CC1. The van der Waals surface area contributed by atoms with Gasteiger partial charge in [0.15, 0.2) is 0 Å². The summed E-state index contributed by atoms with van der Waals surface area (Å²) in [5, 5.41) is 3.62. The standard InChI is InChI=1S/C20H19Cl2F3N2O/c21-15-6-5-14(17(22)11-15)12-27-9-7-13(8-10-27)19(28)26-18-4-2-1-3-16(18)20(23,24)25/h1-6,11,13H,7-10,12H2,(H,26,28). The third-order valence-corrected chi connectivity index (χ3v) is 5.44. The van der Waals surface area contributed by atoms with E-state index in [1.165, 1.54) is 18.2 Å². The number of alkyl halides is 3. The van der Waals surface area contributed by atoms with Crippen molar-refractivity contribution in [1.29, 1.82) is 0 Å². The van der Waals surface area contributed by atoms with Gasteiger partial charge in [-0.25, -0.2) is 0 Å². The van der Waals surface area contributed by atoms with Gasteiger partial charge < -0.3 is 5.32 Å². The first kappa shape index (κ1) is 21.0. The topological polar surface area (TPSA) is 32.3 Å². The van der Waals surface area contributed by atoms with Crippen molar-refractivity contribution in [3.8, 4) is 0 Å². The Morgan fingerprint density at radius 2 is 1.79 bits per heavy atom. The maximum Gasteiger partial charge on any atom is 0.418 e. The third-order valence-electron chi connectivity index (χ3n) is 4.86. The van der Waals surface area contributed by atoms with Gasteiger partial charge in [-0.05, 0) is 55.8 Å². The highest BCUT2D eigenvalue weighted by Gasteiger charge is 2.34. The molecule has 1 aliphatic rings. The number of halogens is 5. The van der Waals surface area contributed by atoms with Gasteiger partial charge in [0.1, 0.15) is 0 Å². The summed E-state index contributed by atoms with van der Waals surface area (Å²) in [4.78, 5) is 14.6. The number of anilines is 1. The van der Waals surface area contributed by atoms with Crippen LogP contribution in [-0.4, -0.2) is 23.9 Å². The van der Waals surface area contributed by atoms with E-state index in [4.69, 9.17) is 23.2 Å².